The second kappa shape index (κ2) is 4.26. The van der Waals surface area contributed by atoms with E-state index in [4.69, 9.17) is 5.14 Å². The van der Waals surface area contributed by atoms with Gasteiger partial charge < -0.3 is 0 Å². The summed E-state index contributed by atoms with van der Waals surface area (Å²) in [5, 5.41) is 4.91. The van der Waals surface area contributed by atoms with Gasteiger partial charge in [-0.25, -0.2) is 22.3 Å². The van der Waals surface area contributed by atoms with Crippen LogP contribution < -0.4 is 5.14 Å². The van der Waals surface area contributed by atoms with Crippen molar-refractivity contribution in [3.63, 3.8) is 0 Å². The van der Waals surface area contributed by atoms with E-state index >= 15 is 0 Å². The molecule has 1 aromatic heterocycles. The molecule has 0 bridgehead atoms. The van der Waals surface area contributed by atoms with Crippen molar-refractivity contribution in [2.24, 2.45) is 5.14 Å². The second-order valence-corrected chi connectivity index (χ2v) is 5.36. The Balaban J connectivity index is 3.59. The zero-order chi connectivity index (χ0) is 11.8. The summed E-state index contributed by atoms with van der Waals surface area (Å²) in [6, 6.07) is 0. The minimum atomic E-state index is -4.02. The molecule has 84 valence electrons. The largest absolute Gasteiger partial charge is 0.266 e. The smallest absolute Gasteiger partial charge is 0.260 e. The predicted octanol–water partition coefficient (Wildman–Crippen LogP) is 1.58. The van der Waals surface area contributed by atoms with Gasteiger partial charge >= 0.3 is 0 Å². The summed E-state index contributed by atoms with van der Waals surface area (Å²) in [5.41, 5.74) is -0.309. The molecule has 0 aliphatic heterocycles. The van der Waals surface area contributed by atoms with Crippen LogP contribution in [0, 0.1) is 10.5 Å². The number of sulfonamides is 1. The Morgan fingerprint density at radius 1 is 1.53 bits per heavy atom. The number of aryl methyl sites for hydroxylation is 1. The van der Waals surface area contributed by atoms with Gasteiger partial charge in [-0.05, 0) is 29.5 Å². The standard InChI is InChI=1S/C7H7F2IN2O2S/c1-3-6(15(11,13)14)5(10)4(2-12-3)7(8)9/h2,7H,1H3,(H2,11,13,14). The van der Waals surface area contributed by atoms with Gasteiger partial charge in [0.05, 0.1) is 11.3 Å². The normalized spacial score (nSPS) is 12.1. The van der Waals surface area contributed by atoms with Crippen LogP contribution in [-0.2, 0) is 10.0 Å². The average Bonchev–Trinajstić information content (AvgIpc) is 2.00. The van der Waals surface area contributed by atoms with Gasteiger partial charge in [0.25, 0.3) is 6.43 Å². The Morgan fingerprint density at radius 3 is 2.47 bits per heavy atom. The van der Waals surface area contributed by atoms with Crippen LogP contribution >= 0.6 is 22.6 Å². The first-order valence-electron chi connectivity index (χ1n) is 3.71. The van der Waals surface area contributed by atoms with E-state index in [9.17, 15) is 17.2 Å². The van der Waals surface area contributed by atoms with Gasteiger partial charge in [-0.15, -0.1) is 0 Å². The average molecular weight is 348 g/mol. The van der Waals surface area contributed by atoms with Crippen LogP contribution in [0.1, 0.15) is 17.7 Å². The van der Waals surface area contributed by atoms with Gasteiger partial charge in [0, 0.05) is 9.77 Å². The quantitative estimate of drug-likeness (QED) is 0.825. The molecular formula is C7H7F2IN2O2S. The highest BCUT2D eigenvalue weighted by Gasteiger charge is 2.23. The van der Waals surface area contributed by atoms with E-state index in [-0.39, 0.29) is 14.2 Å². The van der Waals surface area contributed by atoms with Crippen LogP contribution in [0.15, 0.2) is 11.1 Å². The van der Waals surface area contributed by atoms with Crippen LogP contribution in [-0.4, -0.2) is 13.4 Å². The third-order valence-electron chi connectivity index (χ3n) is 1.70. The number of aromatic nitrogens is 1. The fraction of sp³-hybridized carbons (Fsp3) is 0.286. The molecule has 0 aromatic carbocycles. The summed E-state index contributed by atoms with van der Waals surface area (Å²) in [7, 11) is -4.02. The number of nitrogens with two attached hydrogens (primary N) is 1. The van der Waals surface area contributed by atoms with E-state index < -0.39 is 22.0 Å². The monoisotopic (exact) mass is 348 g/mol. The Labute approximate surface area is 99.1 Å². The SMILES string of the molecule is Cc1ncc(C(F)F)c(I)c1S(N)(=O)=O. The number of nitrogens with zero attached hydrogens (tertiary/aromatic N) is 1. The molecule has 0 atom stereocenters. The number of rotatable bonds is 2. The molecule has 0 saturated heterocycles. The Kier molecular flexibility index (Phi) is 3.61. The highest BCUT2D eigenvalue weighted by molar-refractivity contribution is 14.1. The van der Waals surface area contributed by atoms with E-state index in [0.29, 0.717) is 0 Å². The lowest BCUT2D eigenvalue weighted by atomic mass is 10.2. The minimum Gasteiger partial charge on any atom is -0.260 e. The number of hydrogen-bond donors (Lipinski definition) is 1. The highest BCUT2D eigenvalue weighted by Crippen LogP contribution is 2.29. The summed E-state index contributed by atoms with van der Waals surface area (Å²) in [6.07, 6.45) is -1.82. The molecule has 0 amide bonds. The minimum absolute atomic E-state index is 0.0717. The molecule has 2 N–H and O–H groups in total. The summed E-state index contributed by atoms with van der Waals surface area (Å²) in [4.78, 5) is 3.25. The maximum absolute atomic E-state index is 12.4. The van der Waals surface area contributed by atoms with Gasteiger partial charge in [-0.1, -0.05) is 0 Å². The lowest BCUT2D eigenvalue weighted by molar-refractivity contribution is 0.149. The molecule has 1 aromatic rings. The first-order chi connectivity index (χ1) is 6.75. The zero-order valence-electron chi connectivity index (χ0n) is 7.54. The number of alkyl halides is 2. The van der Waals surface area contributed by atoms with Crippen LogP contribution in [0.2, 0.25) is 0 Å². The maximum Gasteiger partial charge on any atom is 0.266 e. The first kappa shape index (κ1) is 12.7. The second-order valence-electron chi connectivity index (χ2n) is 2.79. The summed E-state index contributed by atoms with van der Waals surface area (Å²) in [5.74, 6) is 0. The lowest BCUT2D eigenvalue weighted by Gasteiger charge is -2.09. The van der Waals surface area contributed by atoms with Gasteiger partial charge in [0.1, 0.15) is 4.90 Å². The van der Waals surface area contributed by atoms with Crippen molar-refractivity contribution < 1.29 is 17.2 Å². The zero-order valence-corrected chi connectivity index (χ0v) is 10.5. The van der Waals surface area contributed by atoms with E-state index in [0.717, 1.165) is 6.20 Å². The molecule has 0 unspecified atom stereocenters. The lowest BCUT2D eigenvalue weighted by Crippen LogP contribution is -2.17. The van der Waals surface area contributed by atoms with Crippen molar-refractivity contribution in [3.8, 4) is 0 Å². The molecule has 0 spiro atoms. The van der Waals surface area contributed by atoms with Crippen LogP contribution in [0.4, 0.5) is 8.78 Å². The third kappa shape index (κ3) is 2.61. The molecule has 0 radical (unpaired) electrons. The predicted molar refractivity (Wildman–Crippen MR) is 58.0 cm³/mol. The number of pyridine rings is 1. The fourth-order valence-electron chi connectivity index (χ4n) is 1.05. The molecule has 1 rings (SSSR count). The molecule has 0 aliphatic rings. The fourth-order valence-corrected chi connectivity index (χ4v) is 3.57. The van der Waals surface area contributed by atoms with Gasteiger partial charge in [-0.3, -0.25) is 4.98 Å². The summed E-state index contributed by atoms with van der Waals surface area (Å²) in [6.45, 7) is 1.40. The molecule has 0 fully saturated rings. The molecule has 0 aliphatic carbocycles. The van der Waals surface area contributed by atoms with Gasteiger partial charge in [-0.2, -0.15) is 0 Å². The highest BCUT2D eigenvalue weighted by atomic mass is 127. The molecule has 0 saturated carbocycles. The van der Waals surface area contributed by atoms with Crippen molar-refractivity contribution >= 4 is 32.6 Å². The van der Waals surface area contributed by atoms with Crippen LogP contribution in [0.3, 0.4) is 0 Å². The number of halogens is 3. The number of hydrogen-bond acceptors (Lipinski definition) is 3. The maximum atomic E-state index is 12.4. The molecule has 1 heterocycles. The Bertz CT molecular complexity index is 490. The van der Waals surface area contributed by atoms with Crippen molar-refractivity contribution in [1.29, 1.82) is 0 Å². The van der Waals surface area contributed by atoms with Crippen molar-refractivity contribution in [2.45, 2.75) is 18.2 Å². The molecular weight excluding hydrogens is 341 g/mol. The van der Waals surface area contributed by atoms with E-state index in [1.54, 1.807) is 0 Å². The van der Waals surface area contributed by atoms with Crippen molar-refractivity contribution in [3.05, 3.63) is 21.0 Å². The molecule has 4 nitrogen and oxygen atoms in total. The third-order valence-corrected chi connectivity index (χ3v) is 4.30. The van der Waals surface area contributed by atoms with E-state index in [1.807, 2.05) is 0 Å². The van der Waals surface area contributed by atoms with Crippen LogP contribution in [0.5, 0.6) is 0 Å². The summed E-state index contributed by atoms with van der Waals surface area (Å²) >= 11 is 1.53. The van der Waals surface area contributed by atoms with Gasteiger partial charge in [0.2, 0.25) is 10.0 Å². The topological polar surface area (TPSA) is 73.0 Å². The van der Waals surface area contributed by atoms with Gasteiger partial charge in [0.15, 0.2) is 0 Å². The first-order valence-corrected chi connectivity index (χ1v) is 6.33. The van der Waals surface area contributed by atoms with E-state index in [1.165, 1.54) is 29.5 Å². The van der Waals surface area contributed by atoms with Crippen molar-refractivity contribution in [1.82, 2.24) is 4.98 Å². The Hall–Kier alpha value is -0.350. The Morgan fingerprint density at radius 2 is 2.07 bits per heavy atom. The molecule has 15 heavy (non-hydrogen) atoms. The molecule has 8 heteroatoms. The van der Waals surface area contributed by atoms with Crippen molar-refractivity contribution in [2.75, 3.05) is 0 Å². The van der Waals surface area contributed by atoms with E-state index in [2.05, 4.69) is 4.98 Å². The summed E-state index contributed by atoms with van der Waals surface area (Å²) < 4.78 is 47.1. The number of primary sulfonamides is 1. The van der Waals surface area contributed by atoms with Crippen LogP contribution in [0.25, 0.3) is 0 Å².